The van der Waals surface area contributed by atoms with Crippen molar-refractivity contribution in [2.24, 2.45) is 0 Å². The van der Waals surface area contributed by atoms with E-state index in [2.05, 4.69) is 0 Å². The minimum absolute atomic E-state index is 0.327. The van der Waals surface area contributed by atoms with Crippen molar-refractivity contribution in [2.75, 3.05) is 7.11 Å². The third kappa shape index (κ3) is 4.18. The third-order valence-electron chi connectivity index (χ3n) is 5.10. The lowest BCUT2D eigenvalue weighted by Gasteiger charge is -2.36. The minimum atomic E-state index is -0.956. The topological polar surface area (TPSA) is 35.5 Å². The van der Waals surface area contributed by atoms with Gasteiger partial charge in [-0.15, -0.1) is 0 Å². The van der Waals surface area contributed by atoms with E-state index in [-0.39, 0.29) is 0 Å². The van der Waals surface area contributed by atoms with Crippen molar-refractivity contribution in [3.63, 3.8) is 0 Å². The molecule has 0 heterocycles. The third-order valence-corrected chi connectivity index (χ3v) is 5.32. The van der Waals surface area contributed by atoms with E-state index in [0.29, 0.717) is 16.3 Å². The fourth-order valence-electron chi connectivity index (χ4n) is 3.73. The van der Waals surface area contributed by atoms with Gasteiger partial charge in [0, 0.05) is 21.7 Å². The van der Waals surface area contributed by atoms with Crippen molar-refractivity contribution < 1.29 is 14.3 Å². The molecule has 0 saturated heterocycles. The summed E-state index contributed by atoms with van der Waals surface area (Å²) in [5.41, 5.74) is 2.22. The predicted octanol–water partition coefficient (Wildman–Crippen LogP) is 6.50. The van der Waals surface area contributed by atoms with Gasteiger partial charge >= 0.3 is 5.97 Å². The van der Waals surface area contributed by atoms with E-state index in [0.717, 1.165) is 16.7 Å². The maximum Gasteiger partial charge on any atom is 0.338 e. The first-order chi connectivity index (χ1) is 15.1. The molecule has 0 unspecified atom stereocenters. The second kappa shape index (κ2) is 9.07. The SMILES string of the molecule is COC(=O)c1cc(Cl)cc(OC(c2ccccc2)(c2ccccc2)c2ccccc2)c1. The van der Waals surface area contributed by atoms with Crippen molar-refractivity contribution in [1.29, 1.82) is 0 Å². The number of benzene rings is 4. The summed E-state index contributed by atoms with van der Waals surface area (Å²) in [6, 6.07) is 34.9. The van der Waals surface area contributed by atoms with Gasteiger partial charge < -0.3 is 9.47 Å². The summed E-state index contributed by atoms with van der Waals surface area (Å²) >= 11 is 6.33. The molecule has 0 amide bonds. The largest absolute Gasteiger partial charge is 0.473 e. The Morgan fingerprint density at radius 2 is 1.16 bits per heavy atom. The molecule has 0 radical (unpaired) electrons. The van der Waals surface area contributed by atoms with Crippen LogP contribution in [-0.4, -0.2) is 13.1 Å². The number of hydrogen-bond donors (Lipinski definition) is 0. The van der Waals surface area contributed by atoms with E-state index in [1.54, 1.807) is 18.2 Å². The monoisotopic (exact) mass is 428 g/mol. The zero-order valence-corrected chi connectivity index (χ0v) is 17.8. The van der Waals surface area contributed by atoms with Crippen molar-refractivity contribution in [3.05, 3.63) is 136 Å². The molecule has 4 heteroatoms. The number of rotatable bonds is 6. The Morgan fingerprint density at radius 1 is 0.710 bits per heavy atom. The van der Waals surface area contributed by atoms with E-state index < -0.39 is 11.6 Å². The first-order valence-corrected chi connectivity index (χ1v) is 10.3. The average molecular weight is 429 g/mol. The molecule has 0 saturated carbocycles. The van der Waals surface area contributed by atoms with Crippen LogP contribution in [0, 0.1) is 0 Å². The van der Waals surface area contributed by atoms with Crippen LogP contribution < -0.4 is 4.74 Å². The number of hydrogen-bond acceptors (Lipinski definition) is 3. The fraction of sp³-hybridized carbons (Fsp3) is 0.0741. The lowest BCUT2D eigenvalue weighted by Crippen LogP contribution is -2.36. The highest BCUT2D eigenvalue weighted by Gasteiger charge is 2.39. The summed E-state index contributed by atoms with van der Waals surface area (Å²) < 4.78 is 11.7. The Balaban J connectivity index is 1.98. The highest BCUT2D eigenvalue weighted by molar-refractivity contribution is 6.31. The molecule has 31 heavy (non-hydrogen) atoms. The summed E-state index contributed by atoms with van der Waals surface area (Å²) in [7, 11) is 1.34. The average Bonchev–Trinajstić information content (AvgIpc) is 2.83. The Hall–Kier alpha value is -3.56. The predicted molar refractivity (Wildman–Crippen MR) is 123 cm³/mol. The van der Waals surface area contributed by atoms with E-state index in [1.807, 2.05) is 91.0 Å². The summed E-state index contributed by atoms with van der Waals surface area (Å²) in [5.74, 6) is -0.0125. The van der Waals surface area contributed by atoms with Gasteiger partial charge in [0.15, 0.2) is 5.60 Å². The second-order valence-electron chi connectivity index (χ2n) is 7.05. The second-order valence-corrected chi connectivity index (χ2v) is 7.48. The minimum Gasteiger partial charge on any atom is -0.473 e. The first kappa shape index (κ1) is 20.7. The van der Waals surface area contributed by atoms with Gasteiger partial charge in [-0.05, 0) is 18.2 Å². The van der Waals surface area contributed by atoms with Crippen molar-refractivity contribution >= 4 is 17.6 Å². The van der Waals surface area contributed by atoms with Crippen LogP contribution in [0.2, 0.25) is 5.02 Å². The highest BCUT2D eigenvalue weighted by Crippen LogP contribution is 2.41. The first-order valence-electron chi connectivity index (χ1n) is 9.88. The summed E-state index contributed by atoms with van der Waals surface area (Å²) in [6.07, 6.45) is 0. The van der Waals surface area contributed by atoms with Crippen LogP contribution in [0.5, 0.6) is 5.75 Å². The normalized spacial score (nSPS) is 11.0. The maximum atomic E-state index is 12.2. The van der Waals surface area contributed by atoms with Gasteiger partial charge in [-0.25, -0.2) is 4.79 Å². The summed E-state index contributed by atoms with van der Waals surface area (Å²) in [6.45, 7) is 0. The van der Waals surface area contributed by atoms with Gasteiger partial charge in [0.2, 0.25) is 0 Å². The molecular weight excluding hydrogens is 408 g/mol. The van der Waals surface area contributed by atoms with Crippen molar-refractivity contribution in [2.45, 2.75) is 5.60 Å². The van der Waals surface area contributed by atoms with Gasteiger partial charge in [0.1, 0.15) is 5.75 Å². The van der Waals surface area contributed by atoms with Crippen LogP contribution in [0.4, 0.5) is 0 Å². The van der Waals surface area contributed by atoms with Crippen molar-refractivity contribution in [3.8, 4) is 5.75 Å². The fourth-order valence-corrected chi connectivity index (χ4v) is 3.95. The smallest absolute Gasteiger partial charge is 0.338 e. The number of carbonyl (C=O) groups excluding carboxylic acids is 1. The highest BCUT2D eigenvalue weighted by atomic mass is 35.5. The molecule has 3 nitrogen and oxygen atoms in total. The van der Waals surface area contributed by atoms with Crippen molar-refractivity contribution in [1.82, 2.24) is 0 Å². The van der Waals surface area contributed by atoms with E-state index in [9.17, 15) is 4.79 Å². The molecule has 0 fully saturated rings. The van der Waals surface area contributed by atoms with Gasteiger partial charge in [0.05, 0.1) is 12.7 Å². The van der Waals surface area contributed by atoms with Gasteiger partial charge in [-0.3, -0.25) is 0 Å². The Kier molecular flexibility index (Phi) is 6.06. The molecule has 0 aliphatic heterocycles. The van der Waals surface area contributed by atoms with Crippen LogP contribution in [0.25, 0.3) is 0 Å². The lowest BCUT2D eigenvalue weighted by atomic mass is 9.80. The van der Waals surface area contributed by atoms with Gasteiger partial charge in [-0.2, -0.15) is 0 Å². The molecule has 4 rings (SSSR count). The number of halogens is 1. The van der Waals surface area contributed by atoms with Crippen LogP contribution in [0.1, 0.15) is 27.0 Å². The van der Waals surface area contributed by atoms with Crippen LogP contribution in [0.3, 0.4) is 0 Å². The zero-order chi connectivity index (χ0) is 21.7. The Labute approximate surface area is 186 Å². The number of methoxy groups -OCH3 is 1. The molecule has 4 aromatic carbocycles. The standard InChI is InChI=1S/C27H21ClO3/c1-30-26(29)20-17-24(28)19-25(18-20)31-27(21-11-5-2-6-12-21,22-13-7-3-8-14-22)23-15-9-4-10-16-23/h2-19H,1H3. The molecule has 0 bridgehead atoms. The van der Waals surface area contributed by atoms with Crippen LogP contribution in [0.15, 0.2) is 109 Å². The number of esters is 1. The lowest BCUT2D eigenvalue weighted by molar-refractivity contribution is 0.0599. The van der Waals surface area contributed by atoms with Crippen LogP contribution >= 0.6 is 11.6 Å². The van der Waals surface area contributed by atoms with Gasteiger partial charge in [0.25, 0.3) is 0 Å². The molecule has 0 spiro atoms. The van der Waals surface area contributed by atoms with E-state index in [1.165, 1.54) is 7.11 Å². The summed E-state index contributed by atoms with van der Waals surface area (Å²) in [4.78, 5) is 12.2. The molecule has 0 N–H and O–H groups in total. The molecule has 4 aromatic rings. The van der Waals surface area contributed by atoms with Crippen LogP contribution in [-0.2, 0) is 10.3 Å². The number of carbonyl (C=O) groups is 1. The van der Waals surface area contributed by atoms with E-state index >= 15 is 0 Å². The molecule has 0 aliphatic rings. The maximum absolute atomic E-state index is 12.2. The summed E-state index contributed by atoms with van der Waals surface area (Å²) in [5, 5.41) is 0.390. The van der Waals surface area contributed by atoms with E-state index in [4.69, 9.17) is 21.1 Å². The number of ether oxygens (including phenoxy) is 2. The molecule has 154 valence electrons. The quantitative estimate of drug-likeness (QED) is 0.260. The Morgan fingerprint density at radius 3 is 1.58 bits per heavy atom. The molecule has 0 atom stereocenters. The Bertz CT molecular complexity index is 1060. The van der Waals surface area contributed by atoms with Gasteiger partial charge in [-0.1, -0.05) is 103 Å². The molecule has 0 aromatic heterocycles. The molecular formula is C27H21ClO3. The zero-order valence-electron chi connectivity index (χ0n) is 17.0. The molecule has 0 aliphatic carbocycles.